The molecule has 3 nitrogen and oxygen atoms in total. The highest BCUT2D eigenvalue weighted by molar-refractivity contribution is 4.98. The normalized spacial score (nSPS) is 19.3. The molecule has 3 heteroatoms. The zero-order chi connectivity index (χ0) is 10.0. The SMILES string of the molecule is CCC1(NCc2nccn2C)CCC1. The number of nitrogens with zero attached hydrogens (tertiary/aromatic N) is 2. The van der Waals surface area contributed by atoms with Gasteiger partial charge in [0.15, 0.2) is 0 Å². The summed E-state index contributed by atoms with van der Waals surface area (Å²) < 4.78 is 2.08. The molecule has 1 aromatic heterocycles. The third-order valence-corrected chi connectivity index (χ3v) is 3.53. The van der Waals surface area contributed by atoms with E-state index in [0.717, 1.165) is 12.4 Å². The highest BCUT2D eigenvalue weighted by atomic mass is 15.1. The Balaban J connectivity index is 1.90. The third-order valence-electron chi connectivity index (χ3n) is 3.53. The van der Waals surface area contributed by atoms with Gasteiger partial charge in [0.25, 0.3) is 0 Å². The van der Waals surface area contributed by atoms with Gasteiger partial charge in [0.05, 0.1) is 6.54 Å². The molecule has 14 heavy (non-hydrogen) atoms. The van der Waals surface area contributed by atoms with Crippen LogP contribution >= 0.6 is 0 Å². The van der Waals surface area contributed by atoms with Crippen molar-refractivity contribution in [3.63, 3.8) is 0 Å². The summed E-state index contributed by atoms with van der Waals surface area (Å²) in [4.78, 5) is 4.31. The standard InChI is InChI=1S/C11H19N3/c1-3-11(5-4-6-11)13-9-10-12-7-8-14(10)2/h7-8,13H,3-6,9H2,1-2H3. The van der Waals surface area contributed by atoms with Crippen molar-refractivity contribution >= 4 is 0 Å². The second kappa shape index (κ2) is 3.73. The van der Waals surface area contributed by atoms with Crippen molar-refractivity contribution in [1.29, 1.82) is 0 Å². The molecule has 0 spiro atoms. The summed E-state index contributed by atoms with van der Waals surface area (Å²) in [6.45, 7) is 3.17. The number of nitrogens with one attached hydrogen (secondary N) is 1. The summed E-state index contributed by atoms with van der Waals surface area (Å²) in [5.41, 5.74) is 0.423. The first-order valence-electron chi connectivity index (χ1n) is 5.47. The Morgan fingerprint density at radius 2 is 2.36 bits per heavy atom. The Morgan fingerprint density at radius 3 is 2.79 bits per heavy atom. The number of aromatic nitrogens is 2. The van der Waals surface area contributed by atoms with Crippen LogP contribution in [0.5, 0.6) is 0 Å². The van der Waals surface area contributed by atoms with E-state index in [1.54, 1.807) is 0 Å². The molecule has 78 valence electrons. The lowest BCUT2D eigenvalue weighted by atomic mass is 9.75. The molecule has 0 bridgehead atoms. The molecule has 0 unspecified atom stereocenters. The fourth-order valence-corrected chi connectivity index (χ4v) is 2.09. The molecule has 0 radical (unpaired) electrons. The molecule has 1 aromatic rings. The van der Waals surface area contributed by atoms with E-state index in [2.05, 4.69) is 21.8 Å². The minimum Gasteiger partial charge on any atom is -0.337 e. The summed E-state index contributed by atoms with van der Waals surface area (Å²) in [5, 5.41) is 3.64. The number of hydrogen-bond acceptors (Lipinski definition) is 2. The second-order valence-corrected chi connectivity index (χ2v) is 4.30. The highest BCUT2D eigenvalue weighted by Crippen LogP contribution is 2.34. The zero-order valence-corrected chi connectivity index (χ0v) is 9.08. The van der Waals surface area contributed by atoms with Gasteiger partial charge in [0.2, 0.25) is 0 Å². The molecule has 0 saturated heterocycles. The first-order chi connectivity index (χ1) is 6.76. The first kappa shape index (κ1) is 9.71. The van der Waals surface area contributed by atoms with E-state index in [9.17, 15) is 0 Å². The lowest BCUT2D eigenvalue weighted by molar-refractivity contribution is 0.173. The third kappa shape index (κ3) is 1.69. The van der Waals surface area contributed by atoms with Crippen LogP contribution in [0.15, 0.2) is 12.4 Å². The molecule has 1 N–H and O–H groups in total. The molecule has 1 aliphatic carbocycles. The Labute approximate surface area is 85.5 Å². The average Bonchev–Trinajstić information content (AvgIpc) is 2.51. The molecule has 0 amide bonds. The first-order valence-corrected chi connectivity index (χ1v) is 5.47. The van der Waals surface area contributed by atoms with Gasteiger partial charge in [-0.2, -0.15) is 0 Å². The van der Waals surface area contributed by atoms with E-state index in [-0.39, 0.29) is 0 Å². The van der Waals surface area contributed by atoms with Gasteiger partial charge in [-0.15, -0.1) is 0 Å². The van der Waals surface area contributed by atoms with Gasteiger partial charge in [-0.25, -0.2) is 4.98 Å². The largest absolute Gasteiger partial charge is 0.337 e. The van der Waals surface area contributed by atoms with Crippen molar-refractivity contribution in [2.24, 2.45) is 7.05 Å². The van der Waals surface area contributed by atoms with Crippen LogP contribution in [0.3, 0.4) is 0 Å². The molecule has 0 aliphatic heterocycles. The van der Waals surface area contributed by atoms with Crippen LogP contribution in [0.25, 0.3) is 0 Å². The second-order valence-electron chi connectivity index (χ2n) is 4.30. The summed E-state index contributed by atoms with van der Waals surface area (Å²) in [5.74, 6) is 1.13. The van der Waals surface area contributed by atoms with E-state index < -0.39 is 0 Å². The summed E-state index contributed by atoms with van der Waals surface area (Å²) in [7, 11) is 2.05. The van der Waals surface area contributed by atoms with Crippen molar-refractivity contribution in [3.05, 3.63) is 18.2 Å². The Kier molecular flexibility index (Phi) is 2.59. The van der Waals surface area contributed by atoms with E-state index >= 15 is 0 Å². The summed E-state index contributed by atoms with van der Waals surface area (Å²) in [6.07, 6.45) is 9.12. The maximum absolute atomic E-state index is 4.31. The Hall–Kier alpha value is -0.830. The van der Waals surface area contributed by atoms with Gasteiger partial charge in [0, 0.05) is 25.0 Å². The molecule has 0 atom stereocenters. The minimum atomic E-state index is 0.423. The number of rotatable bonds is 4. The van der Waals surface area contributed by atoms with Gasteiger partial charge < -0.3 is 9.88 Å². The topological polar surface area (TPSA) is 29.9 Å². The fraction of sp³-hybridized carbons (Fsp3) is 0.727. The lowest BCUT2D eigenvalue weighted by Crippen LogP contribution is -2.50. The average molecular weight is 193 g/mol. The van der Waals surface area contributed by atoms with Crippen LogP contribution in [0.2, 0.25) is 0 Å². The van der Waals surface area contributed by atoms with Gasteiger partial charge in [-0.1, -0.05) is 6.92 Å². The van der Waals surface area contributed by atoms with Crippen molar-refractivity contribution in [2.75, 3.05) is 0 Å². The predicted octanol–water partition coefficient (Wildman–Crippen LogP) is 1.84. The molecule has 1 heterocycles. The minimum absolute atomic E-state index is 0.423. The molecular weight excluding hydrogens is 174 g/mol. The number of hydrogen-bond donors (Lipinski definition) is 1. The van der Waals surface area contributed by atoms with Crippen LogP contribution in [0.4, 0.5) is 0 Å². The van der Waals surface area contributed by atoms with E-state index in [4.69, 9.17) is 0 Å². The highest BCUT2D eigenvalue weighted by Gasteiger charge is 2.34. The van der Waals surface area contributed by atoms with Crippen molar-refractivity contribution in [2.45, 2.75) is 44.7 Å². The summed E-state index contributed by atoms with van der Waals surface area (Å²) >= 11 is 0. The molecular formula is C11H19N3. The quantitative estimate of drug-likeness (QED) is 0.790. The monoisotopic (exact) mass is 193 g/mol. The van der Waals surface area contributed by atoms with Crippen LogP contribution < -0.4 is 5.32 Å². The van der Waals surface area contributed by atoms with Gasteiger partial charge in [-0.05, 0) is 25.7 Å². The van der Waals surface area contributed by atoms with E-state index in [0.29, 0.717) is 5.54 Å². The van der Waals surface area contributed by atoms with Crippen LogP contribution in [-0.2, 0) is 13.6 Å². The fourth-order valence-electron chi connectivity index (χ4n) is 2.09. The molecule has 1 aliphatic rings. The van der Waals surface area contributed by atoms with Crippen molar-refractivity contribution < 1.29 is 0 Å². The van der Waals surface area contributed by atoms with Crippen LogP contribution in [0, 0.1) is 0 Å². The van der Waals surface area contributed by atoms with Crippen molar-refractivity contribution in [3.8, 4) is 0 Å². The summed E-state index contributed by atoms with van der Waals surface area (Å²) in [6, 6.07) is 0. The van der Waals surface area contributed by atoms with Crippen LogP contribution in [0.1, 0.15) is 38.4 Å². The predicted molar refractivity (Wildman–Crippen MR) is 56.9 cm³/mol. The van der Waals surface area contributed by atoms with Gasteiger partial charge in [-0.3, -0.25) is 0 Å². The van der Waals surface area contributed by atoms with Gasteiger partial charge >= 0.3 is 0 Å². The van der Waals surface area contributed by atoms with Gasteiger partial charge in [0.1, 0.15) is 5.82 Å². The zero-order valence-electron chi connectivity index (χ0n) is 9.08. The maximum Gasteiger partial charge on any atom is 0.122 e. The van der Waals surface area contributed by atoms with Crippen LogP contribution in [-0.4, -0.2) is 15.1 Å². The number of aryl methyl sites for hydroxylation is 1. The Bertz CT molecular complexity index is 294. The molecule has 1 fully saturated rings. The molecule has 1 saturated carbocycles. The van der Waals surface area contributed by atoms with E-state index in [1.165, 1.54) is 25.7 Å². The maximum atomic E-state index is 4.31. The lowest BCUT2D eigenvalue weighted by Gasteiger charge is -2.42. The van der Waals surface area contributed by atoms with Crippen molar-refractivity contribution in [1.82, 2.24) is 14.9 Å². The Morgan fingerprint density at radius 1 is 1.57 bits per heavy atom. The van der Waals surface area contributed by atoms with E-state index in [1.807, 2.05) is 19.4 Å². The smallest absolute Gasteiger partial charge is 0.122 e. The molecule has 2 rings (SSSR count). The number of imidazole rings is 1. The molecule has 0 aromatic carbocycles.